The van der Waals surface area contributed by atoms with E-state index >= 15 is 0 Å². The van der Waals surface area contributed by atoms with E-state index in [9.17, 15) is 9.59 Å². The zero-order valence-electron chi connectivity index (χ0n) is 11.9. The highest BCUT2D eigenvalue weighted by Crippen LogP contribution is 2.50. The van der Waals surface area contributed by atoms with Crippen LogP contribution in [-0.4, -0.2) is 40.8 Å². The molecular formula is C14H23NO4. The van der Waals surface area contributed by atoms with Crippen molar-refractivity contribution < 1.29 is 19.4 Å². The van der Waals surface area contributed by atoms with Crippen LogP contribution in [0.5, 0.6) is 0 Å². The van der Waals surface area contributed by atoms with Crippen LogP contribution in [0.15, 0.2) is 0 Å². The number of likely N-dealkylation sites (tertiary alicyclic amines) is 1. The van der Waals surface area contributed by atoms with Crippen LogP contribution in [0.25, 0.3) is 0 Å². The molecule has 0 aromatic rings. The molecule has 3 atom stereocenters. The number of ether oxygens (including phenoxy) is 1. The van der Waals surface area contributed by atoms with Crippen LogP contribution >= 0.6 is 0 Å². The third kappa shape index (κ3) is 3.39. The van der Waals surface area contributed by atoms with E-state index in [4.69, 9.17) is 9.84 Å². The summed E-state index contributed by atoms with van der Waals surface area (Å²) in [4.78, 5) is 24.9. The maximum absolute atomic E-state index is 12.1. The van der Waals surface area contributed by atoms with Crippen molar-refractivity contribution >= 4 is 12.1 Å². The molecule has 1 saturated carbocycles. The lowest BCUT2D eigenvalue weighted by Gasteiger charge is -2.28. The molecule has 1 saturated heterocycles. The van der Waals surface area contributed by atoms with E-state index in [0.29, 0.717) is 13.1 Å². The summed E-state index contributed by atoms with van der Waals surface area (Å²) in [6.07, 6.45) is 2.58. The molecule has 3 unspecified atom stereocenters. The van der Waals surface area contributed by atoms with E-state index in [-0.39, 0.29) is 23.8 Å². The molecular weight excluding hydrogens is 246 g/mol. The second-order valence-electron chi connectivity index (χ2n) is 6.61. The Morgan fingerprint density at radius 1 is 1.21 bits per heavy atom. The van der Waals surface area contributed by atoms with E-state index in [1.807, 2.05) is 20.8 Å². The minimum atomic E-state index is -0.721. The van der Waals surface area contributed by atoms with E-state index in [1.54, 1.807) is 4.90 Å². The zero-order valence-corrected chi connectivity index (χ0v) is 11.9. The van der Waals surface area contributed by atoms with Gasteiger partial charge in [-0.3, -0.25) is 4.79 Å². The third-order valence-corrected chi connectivity index (χ3v) is 3.92. The van der Waals surface area contributed by atoms with Gasteiger partial charge in [0.1, 0.15) is 5.60 Å². The van der Waals surface area contributed by atoms with Crippen LogP contribution in [0.3, 0.4) is 0 Å². The average molecular weight is 269 g/mol. The minimum absolute atomic E-state index is 0.116. The van der Waals surface area contributed by atoms with Crippen molar-refractivity contribution in [2.75, 3.05) is 13.1 Å². The molecule has 5 nitrogen and oxygen atoms in total. The monoisotopic (exact) mass is 269 g/mol. The number of hydrogen-bond acceptors (Lipinski definition) is 3. The van der Waals surface area contributed by atoms with Crippen LogP contribution in [0.1, 0.15) is 40.0 Å². The molecule has 0 aromatic heterocycles. The molecule has 0 bridgehead atoms. The van der Waals surface area contributed by atoms with Crippen LogP contribution in [0.2, 0.25) is 0 Å². The fourth-order valence-corrected chi connectivity index (χ4v) is 2.97. The molecule has 2 rings (SSSR count). The van der Waals surface area contributed by atoms with Gasteiger partial charge in [0.15, 0.2) is 0 Å². The number of carbonyl (C=O) groups excluding carboxylic acids is 1. The van der Waals surface area contributed by atoms with Crippen LogP contribution in [0.4, 0.5) is 4.79 Å². The first-order chi connectivity index (χ1) is 8.79. The van der Waals surface area contributed by atoms with Gasteiger partial charge in [0, 0.05) is 13.1 Å². The molecule has 1 N–H and O–H groups in total. The summed E-state index contributed by atoms with van der Waals surface area (Å²) in [7, 11) is 0. The van der Waals surface area contributed by atoms with E-state index in [2.05, 4.69) is 0 Å². The predicted molar refractivity (Wildman–Crippen MR) is 69.8 cm³/mol. The SMILES string of the molecule is CC(C)(C)OC(=O)N1CCCCC2C(C1)C2C(=O)O. The molecule has 0 radical (unpaired) electrons. The first kappa shape index (κ1) is 14.2. The van der Waals surface area contributed by atoms with Gasteiger partial charge in [0.25, 0.3) is 0 Å². The summed E-state index contributed by atoms with van der Waals surface area (Å²) < 4.78 is 5.38. The molecule has 1 aliphatic carbocycles. The molecule has 5 heteroatoms. The summed E-state index contributed by atoms with van der Waals surface area (Å²) in [5.74, 6) is -0.614. The maximum Gasteiger partial charge on any atom is 0.410 e. The third-order valence-electron chi connectivity index (χ3n) is 3.92. The number of hydrogen-bond donors (Lipinski definition) is 1. The average Bonchev–Trinajstić information content (AvgIpc) is 2.86. The van der Waals surface area contributed by atoms with Crippen molar-refractivity contribution in [3.8, 4) is 0 Å². The van der Waals surface area contributed by atoms with E-state index in [1.165, 1.54) is 0 Å². The lowest BCUT2D eigenvalue weighted by molar-refractivity contribution is -0.139. The standard InChI is InChI=1S/C14H23NO4/c1-14(2,3)19-13(18)15-7-5-4-6-9-10(8-15)11(9)12(16)17/h9-11H,4-8H2,1-3H3,(H,16,17). The van der Waals surface area contributed by atoms with E-state index in [0.717, 1.165) is 19.3 Å². The van der Waals surface area contributed by atoms with Gasteiger partial charge in [-0.25, -0.2) is 4.79 Å². The lowest BCUT2D eigenvalue weighted by atomic mass is 10.1. The molecule has 2 fully saturated rings. The van der Waals surface area contributed by atoms with Crippen molar-refractivity contribution in [1.29, 1.82) is 0 Å². The summed E-state index contributed by atoms with van der Waals surface area (Å²) in [6.45, 7) is 6.72. The molecule has 1 heterocycles. The van der Waals surface area contributed by atoms with Gasteiger partial charge in [-0.2, -0.15) is 0 Å². The van der Waals surface area contributed by atoms with Crippen molar-refractivity contribution in [2.24, 2.45) is 17.8 Å². The largest absolute Gasteiger partial charge is 0.481 e. The normalized spacial score (nSPS) is 30.9. The van der Waals surface area contributed by atoms with Gasteiger partial charge in [0.05, 0.1) is 5.92 Å². The summed E-state index contributed by atoms with van der Waals surface area (Å²) in [6, 6.07) is 0. The Bertz CT molecular complexity index is 374. The Morgan fingerprint density at radius 2 is 1.89 bits per heavy atom. The van der Waals surface area contributed by atoms with Gasteiger partial charge < -0.3 is 14.7 Å². The van der Waals surface area contributed by atoms with Gasteiger partial charge >= 0.3 is 12.1 Å². The fraction of sp³-hybridized carbons (Fsp3) is 0.857. The lowest BCUT2D eigenvalue weighted by Crippen LogP contribution is -2.39. The van der Waals surface area contributed by atoms with Gasteiger partial charge in [-0.15, -0.1) is 0 Å². The number of carboxylic acid groups (broad SMARTS) is 1. The van der Waals surface area contributed by atoms with Gasteiger partial charge in [-0.05, 0) is 45.4 Å². The van der Waals surface area contributed by atoms with Crippen molar-refractivity contribution in [2.45, 2.75) is 45.6 Å². The highest BCUT2D eigenvalue weighted by molar-refractivity contribution is 5.75. The highest BCUT2D eigenvalue weighted by atomic mass is 16.6. The Kier molecular flexibility index (Phi) is 3.74. The quantitative estimate of drug-likeness (QED) is 0.793. The molecule has 108 valence electrons. The number of aliphatic carboxylic acids is 1. The van der Waals surface area contributed by atoms with Gasteiger partial charge in [-0.1, -0.05) is 6.42 Å². The minimum Gasteiger partial charge on any atom is -0.481 e. The molecule has 1 amide bonds. The topological polar surface area (TPSA) is 66.8 Å². The maximum atomic E-state index is 12.1. The number of nitrogens with zero attached hydrogens (tertiary/aromatic N) is 1. The van der Waals surface area contributed by atoms with Crippen molar-refractivity contribution in [1.82, 2.24) is 4.90 Å². The highest BCUT2D eigenvalue weighted by Gasteiger charge is 2.55. The van der Waals surface area contributed by atoms with Crippen LogP contribution < -0.4 is 0 Å². The predicted octanol–water partition coefficient (Wildman–Crippen LogP) is 2.35. The Hall–Kier alpha value is -1.26. The Morgan fingerprint density at radius 3 is 2.47 bits per heavy atom. The Labute approximate surface area is 113 Å². The molecule has 1 aliphatic heterocycles. The molecule has 0 spiro atoms. The summed E-state index contributed by atoms with van der Waals surface area (Å²) in [5.41, 5.74) is -0.505. The first-order valence-corrected chi connectivity index (χ1v) is 7.00. The fourth-order valence-electron chi connectivity index (χ4n) is 2.97. The van der Waals surface area contributed by atoms with Crippen molar-refractivity contribution in [3.05, 3.63) is 0 Å². The molecule has 0 aromatic carbocycles. The number of rotatable bonds is 1. The molecule has 2 aliphatic rings. The van der Waals surface area contributed by atoms with Crippen LogP contribution in [0, 0.1) is 17.8 Å². The number of carbonyl (C=O) groups is 2. The molecule has 19 heavy (non-hydrogen) atoms. The second kappa shape index (κ2) is 5.02. The number of fused-ring (bicyclic) bond motifs is 1. The van der Waals surface area contributed by atoms with Crippen molar-refractivity contribution in [3.63, 3.8) is 0 Å². The Balaban J connectivity index is 1.98. The second-order valence-corrected chi connectivity index (χ2v) is 6.61. The van der Waals surface area contributed by atoms with Gasteiger partial charge in [0.2, 0.25) is 0 Å². The number of amides is 1. The summed E-state index contributed by atoms with van der Waals surface area (Å²) in [5, 5.41) is 9.14. The number of carboxylic acids is 1. The van der Waals surface area contributed by atoms with Crippen LogP contribution in [-0.2, 0) is 9.53 Å². The smallest absolute Gasteiger partial charge is 0.410 e. The first-order valence-electron chi connectivity index (χ1n) is 7.00. The van der Waals surface area contributed by atoms with E-state index < -0.39 is 11.6 Å². The summed E-state index contributed by atoms with van der Waals surface area (Å²) >= 11 is 0. The zero-order chi connectivity index (χ0) is 14.2.